The van der Waals surface area contributed by atoms with Crippen LogP contribution in [0.5, 0.6) is 17.4 Å². The molecule has 0 saturated carbocycles. The number of carboxylic acids is 1. The van der Waals surface area contributed by atoms with E-state index < -0.39 is 5.97 Å². The van der Waals surface area contributed by atoms with Gasteiger partial charge in [0.25, 0.3) is 0 Å². The van der Waals surface area contributed by atoms with Gasteiger partial charge in [0, 0.05) is 12.5 Å². The molecule has 0 amide bonds. The number of rotatable bonds is 6. The molecule has 1 heterocycles. The van der Waals surface area contributed by atoms with Gasteiger partial charge in [0.2, 0.25) is 5.88 Å². The van der Waals surface area contributed by atoms with E-state index in [0.717, 1.165) is 5.56 Å². The van der Waals surface area contributed by atoms with Crippen LogP contribution in [-0.2, 0) is 17.8 Å². The molecule has 0 aliphatic carbocycles. The highest BCUT2D eigenvalue weighted by atomic mass is 32.1. The van der Waals surface area contributed by atoms with Crippen molar-refractivity contribution in [2.45, 2.75) is 13.0 Å². The summed E-state index contributed by atoms with van der Waals surface area (Å²) in [5.41, 5.74) is 0.866. The first-order valence-electron chi connectivity index (χ1n) is 6.29. The fourth-order valence-electron chi connectivity index (χ4n) is 1.99. The van der Waals surface area contributed by atoms with Crippen LogP contribution < -0.4 is 9.47 Å². The van der Waals surface area contributed by atoms with Crippen LogP contribution in [0.15, 0.2) is 18.2 Å². The first kappa shape index (κ1) is 16.3. The number of aromatic hydroxyl groups is 1. The Morgan fingerprint density at radius 2 is 1.86 bits per heavy atom. The highest BCUT2D eigenvalue weighted by Crippen LogP contribution is 2.31. The highest BCUT2D eigenvalue weighted by molar-refractivity contribution is 7.73. The summed E-state index contributed by atoms with van der Waals surface area (Å²) in [6.07, 6.45) is 0.403. The quantitative estimate of drug-likeness (QED) is 0.786. The summed E-state index contributed by atoms with van der Waals surface area (Å²) in [4.78, 5) is 11.4. The van der Waals surface area contributed by atoms with E-state index in [0.29, 0.717) is 26.8 Å². The molecule has 0 bridgehead atoms. The van der Waals surface area contributed by atoms with Crippen LogP contribution in [0.25, 0.3) is 0 Å². The molecular weight excluding hydrogens is 326 g/mol. The Morgan fingerprint density at radius 3 is 2.36 bits per heavy atom. The van der Waals surface area contributed by atoms with E-state index in [4.69, 9.17) is 26.8 Å². The Kier molecular flexibility index (Phi) is 5.04. The number of ether oxygens (including phenoxy) is 2. The van der Waals surface area contributed by atoms with E-state index in [1.807, 2.05) is 12.1 Å². The minimum absolute atomic E-state index is 0.112. The summed E-state index contributed by atoms with van der Waals surface area (Å²) in [7, 11) is 3.12. The number of methoxy groups -OCH3 is 2. The van der Waals surface area contributed by atoms with Crippen LogP contribution in [0, 0.1) is 3.95 Å². The molecular formula is C14H15NO5S2. The monoisotopic (exact) mass is 341 g/mol. The predicted molar refractivity (Wildman–Crippen MR) is 84.8 cm³/mol. The number of carbonyl (C=O) groups is 1. The second kappa shape index (κ2) is 6.80. The fraction of sp³-hybridized carbons (Fsp3) is 0.286. The number of nitrogens with zero attached hydrogens (tertiary/aromatic N) is 1. The summed E-state index contributed by atoms with van der Waals surface area (Å²) < 4.78 is 11.9. The molecule has 8 heteroatoms. The maximum Gasteiger partial charge on any atom is 0.323 e. The summed E-state index contributed by atoms with van der Waals surface area (Å²) in [6, 6.07) is 5.40. The lowest BCUT2D eigenvalue weighted by atomic mass is 10.1. The van der Waals surface area contributed by atoms with Gasteiger partial charge in [0.15, 0.2) is 3.95 Å². The van der Waals surface area contributed by atoms with E-state index in [1.54, 1.807) is 20.3 Å². The van der Waals surface area contributed by atoms with Crippen LogP contribution in [-0.4, -0.2) is 35.0 Å². The molecule has 22 heavy (non-hydrogen) atoms. The zero-order chi connectivity index (χ0) is 16.3. The molecule has 0 saturated heterocycles. The lowest BCUT2D eigenvalue weighted by molar-refractivity contribution is -0.137. The zero-order valence-electron chi connectivity index (χ0n) is 12.0. The van der Waals surface area contributed by atoms with Crippen molar-refractivity contribution in [3.05, 3.63) is 32.6 Å². The lowest BCUT2D eigenvalue weighted by Gasteiger charge is -2.08. The van der Waals surface area contributed by atoms with Crippen LogP contribution in [0.1, 0.15) is 10.4 Å². The number of aliphatic carboxylic acids is 1. The van der Waals surface area contributed by atoms with Gasteiger partial charge in [-0.15, -0.1) is 11.3 Å². The van der Waals surface area contributed by atoms with E-state index in [9.17, 15) is 9.90 Å². The largest absolute Gasteiger partial charge is 0.497 e. The molecule has 2 N–H and O–H groups in total. The third-order valence-corrected chi connectivity index (χ3v) is 4.44. The third-order valence-electron chi connectivity index (χ3n) is 3.01. The van der Waals surface area contributed by atoms with Gasteiger partial charge in [-0.2, -0.15) is 0 Å². The molecule has 2 rings (SSSR count). The third kappa shape index (κ3) is 3.58. The maximum absolute atomic E-state index is 10.8. The molecule has 6 nitrogen and oxygen atoms in total. The number of thiazole rings is 1. The van der Waals surface area contributed by atoms with Gasteiger partial charge in [-0.3, -0.25) is 9.36 Å². The van der Waals surface area contributed by atoms with Crippen LogP contribution in [0.2, 0.25) is 0 Å². The Balaban J connectivity index is 2.35. The first-order valence-corrected chi connectivity index (χ1v) is 7.52. The number of benzene rings is 1. The van der Waals surface area contributed by atoms with Gasteiger partial charge in [-0.05, 0) is 29.9 Å². The first-order chi connectivity index (χ1) is 10.4. The fourth-order valence-corrected chi connectivity index (χ4v) is 3.35. The van der Waals surface area contributed by atoms with E-state index in [1.165, 1.54) is 15.9 Å². The van der Waals surface area contributed by atoms with Gasteiger partial charge in [-0.1, -0.05) is 0 Å². The van der Waals surface area contributed by atoms with Gasteiger partial charge in [0.1, 0.15) is 18.0 Å². The van der Waals surface area contributed by atoms with E-state index in [-0.39, 0.29) is 12.4 Å². The molecule has 118 valence electrons. The Morgan fingerprint density at radius 1 is 1.27 bits per heavy atom. The van der Waals surface area contributed by atoms with Crippen molar-refractivity contribution < 1.29 is 24.5 Å². The summed E-state index contributed by atoms with van der Waals surface area (Å²) in [6.45, 7) is -0.359. The molecule has 0 fully saturated rings. The number of aromatic nitrogens is 1. The van der Waals surface area contributed by atoms with Gasteiger partial charge < -0.3 is 19.7 Å². The molecule has 0 unspecified atom stereocenters. The topological polar surface area (TPSA) is 80.9 Å². The van der Waals surface area contributed by atoms with E-state index in [2.05, 4.69) is 0 Å². The van der Waals surface area contributed by atoms with Crippen molar-refractivity contribution in [2.24, 2.45) is 0 Å². The molecule has 2 aromatic rings. The van der Waals surface area contributed by atoms with Crippen molar-refractivity contribution in [1.82, 2.24) is 4.57 Å². The minimum Gasteiger partial charge on any atom is -0.497 e. The van der Waals surface area contributed by atoms with Crippen LogP contribution in [0.4, 0.5) is 0 Å². The molecule has 0 aliphatic rings. The predicted octanol–water partition coefficient (Wildman–Crippen LogP) is 2.68. The normalized spacial score (nSPS) is 10.5. The molecule has 1 aromatic carbocycles. The Labute approximate surface area is 136 Å². The average Bonchev–Trinajstić information content (AvgIpc) is 2.74. The number of hydrogen-bond donors (Lipinski definition) is 2. The second-order valence-corrected chi connectivity index (χ2v) is 6.22. The van der Waals surface area contributed by atoms with Gasteiger partial charge in [-0.25, -0.2) is 0 Å². The van der Waals surface area contributed by atoms with Crippen LogP contribution >= 0.6 is 23.6 Å². The van der Waals surface area contributed by atoms with Gasteiger partial charge >= 0.3 is 5.97 Å². The van der Waals surface area contributed by atoms with Crippen molar-refractivity contribution in [3.8, 4) is 17.4 Å². The average molecular weight is 341 g/mol. The Hall–Kier alpha value is -2.06. The highest BCUT2D eigenvalue weighted by Gasteiger charge is 2.15. The molecule has 1 aromatic heterocycles. The van der Waals surface area contributed by atoms with Crippen molar-refractivity contribution in [2.75, 3.05) is 14.2 Å². The summed E-state index contributed by atoms with van der Waals surface area (Å²) in [5, 5.41) is 19.0. The van der Waals surface area contributed by atoms with Crippen molar-refractivity contribution in [3.63, 3.8) is 0 Å². The maximum atomic E-state index is 10.8. The van der Waals surface area contributed by atoms with E-state index >= 15 is 0 Å². The number of hydrogen-bond acceptors (Lipinski definition) is 6. The smallest absolute Gasteiger partial charge is 0.323 e. The zero-order valence-corrected chi connectivity index (χ0v) is 13.7. The summed E-state index contributed by atoms with van der Waals surface area (Å²) >= 11 is 6.29. The van der Waals surface area contributed by atoms with Gasteiger partial charge in [0.05, 0.1) is 19.1 Å². The standard InChI is InChI=1S/C14H15NO5S2/c1-19-9-3-8(4-10(6-9)20-2)5-11-13(18)15(7-12(16)17)14(21)22-11/h3-4,6,18H,5,7H2,1-2H3,(H,16,17). The second-order valence-electron chi connectivity index (χ2n) is 4.49. The molecule has 0 atom stereocenters. The minimum atomic E-state index is -1.06. The van der Waals surface area contributed by atoms with Crippen molar-refractivity contribution >= 4 is 29.5 Å². The molecule has 0 aliphatic heterocycles. The lowest BCUT2D eigenvalue weighted by Crippen LogP contribution is -2.08. The van der Waals surface area contributed by atoms with Crippen LogP contribution in [0.3, 0.4) is 0 Å². The SMILES string of the molecule is COc1cc(Cc2sc(=S)n(CC(=O)O)c2O)cc(OC)c1. The molecule has 0 spiro atoms. The number of carboxylic acid groups (broad SMARTS) is 1. The molecule has 0 radical (unpaired) electrons. The summed E-state index contributed by atoms with van der Waals surface area (Å²) in [5.74, 6) is 0.114. The van der Waals surface area contributed by atoms with Crippen molar-refractivity contribution in [1.29, 1.82) is 0 Å². The Bertz CT molecular complexity index is 728.